The summed E-state index contributed by atoms with van der Waals surface area (Å²) in [6.07, 6.45) is -2.20. The third kappa shape index (κ3) is 5.39. The summed E-state index contributed by atoms with van der Waals surface area (Å²) in [7, 11) is -3.76. The highest BCUT2D eigenvalue weighted by Gasteiger charge is 2.31. The first kappa shape index (κ1) is 21.8. The summed E-state index contributed by atoms with van der Waals surface area (Å²) in [6, 6.07) is 6.73. The van der Waals surface area contributed by atoms with Crippen LogP contribution in [0.2, 0.25) is 0 Å². The Balaban J connectivity index is 1.70. The van der Waals surface area contributed by atoms with Crippen molar-refractivity contribution in [2.24, 2.45) is 0 Å². The number of benzene rings is 1. The molecule has 1 saturated heterocycles. The van der Waals surface area contributed by atoms with Gasteiger partial charge in [-0.3, -0.25) is 9.59 Å². The van der Waals surface area contributed by atoms with Crippen molar-refractivity contribution in [2.45, 2.75) is 30.6 Å². The Bertz CT molecular complexity index is 1080. The van der Waals surface area contributed by atoms with Crippen LogP contribution in [0.1, 0.15) is 12.8 Å². The lowest BCUT2D eigenvalue weighted by Gasteiger charge is -2.16. The molecule has 1 fully saturated rings. The summed E-state index contributed by atoms with van der Waals surface area (Å²) in [5, 5.41) is 2.43. The maximum absolute atomic E-state index is 12.6. The maximum atomic E-state index is 12.6. The number of nitrogens with one attached hydrogen (secondary N) is 1. The lowest BCUT2D eigenvalue weighted by molar-refractivity contribution is -0.274. The van der Waals surface area contributed by atoms with Crippen molar-refractivity contribution in [3.05, 3.63) is 52.9 Å². The van der Waals surface area contributed by atoms with Crippen LogP contribution in [0.25, 0.3) is 0 Å². The van der Waals surface area contributed by atoms with Gasteiger partial charge in [0.15, 0.2) is 0 Å². The molecule has 1 N–H and O–H groups in total. The highest BCUT2D eigenvalue weighted by Crippen LogP contribution is 2.24. The second-order valence-electron chi connectivity index (χ2n) is 6.56. The molecule has 3 rings (SSSR count). The molecule has 2 heterocycles. The Kier molecular flexibility index (Phi) is 6.17. The van der Waals surface area contributed by atoms with Gasteiger partial charge in [-0.05, 0) is 43.2 Å². The molecule has 1 aromatic heterocycles. The van der Waals surface area contributed by atoms with Crippen molar-refractivity contribution in [3.63, 3.8) is 0 Å². The zero-order valence-electron chi connectivity index (χ0n) is 15.6. The number of hydrogen-bond acceptors (Lipinski definition) is 5. The Morgan fingerprint density at radius 3 is 2.30 bits per heavy atom. The number of aromatic nitrogens is 1. The molecule has 8 nitrogen and oxygen atoms in total. The monoisotopic (exact) mass is 445 g/mol. The minimum absolute atomic E-state index is 0.0922. The van der Waals surface area contributed by atoms with Crippen LogP contribution < -0.4 is 15.6 Å². The maximum Gasteiger partial charge on any atom is 0.573 e. The number of rotatable bonds is 6. The van der Waals surface area contributed by atoms with Gasteiger partial charge in [0, 0.05) is 31.0 Å². The Morgan fingerprint density at radius 2 is 1.70 bits per heavy atom. The molecule has 2 aromatic rings. The summed E-state index contributed by atoms with van der Waals surface area (Å²) in [6.45, 7) is 0.328. The molecule has 0 unspecified atom stereocenters. The number of alkyl halides is 3. The number of carbonyl (C=O) groups is 1. The molecule has 1 aliphatic rings. The van der Waals surface area contributed by atoms with Gasteiger partial charge in [0.25, 0.3) is 5.56 Å². The van der Waals surface area contributed by atoms with Gasteiger partial charge in [0.2, 0.25) is 15.9 Å². The van der Waals surface area contributed by atoms with E-state index in [0.29, 0.717) is 13.1 Å². The van der Waals surface area contributed by atoms with E-state index in [1.54, 1.807) is 0 Å². The number of anilines is 1. The zero-order valence-corrected chi connectivity index (χ0v) is 16.4. The SMILES string of the molecule is O=C(Cn1cc(S(=O)(=O)N2CCCC2)ccc1=O)Nc1ccc(OC(F)(F)F)cc1. The molecule has 0 spiro atoms. The van der Waals surface area contributed by atoms with E-state index in [-0.39, 0.29) is 10.6 Å². The molecular formula is C18H18F3N3O5S. The van der Waals surface area contributed by atoms with E-state index >= 15 is 0 Å². The Morgan fingerprint density at radius 1 is 1.07 bits per heavy atom. The lowest BCUT2D eigenvalue weighted by atomic mass is 10.3. The van der Waals surface area contributed by atoms with E-state index in [1.807, 2.05) is 0 Å². The molecule has 0 aliphatic carbocycles. The summed E-state index contributed by atoms with van der Waals surface area (Å²) in [5.74, 6) is -1.10. The Hall–Kier alpha value is -2.86. The van der Waals surface area contributed by atoms with Gasteiger partial charge < -0.3 is 14.6 Å². The summed E-state index contributed by atoms with van der Waals surface area (Å²) in [4.78, 5) is 24.2. The van der Waals surface area contributed by atoms with Crippen LogP contribution in [0.4, 0.5) is 18.9 Å². The molecule has 30 heavy (non-hydrogen) atoms. The van der Waals surface area contributed by atoms with Gasteiger partial charge in [-0.2, -0.15) is 4.31 Å². The number of carbonyl (C=O) groups excluding carboxylic acids is 1. The zero-order chi connectivity index (χ0) is 21.9. The average molecular weight is 445 g/mol. The Labute approximate surface area is 169 Å². The highest BCUT2D eigenvalue weighted by atomic mass is 32.2. The fraction of sp³-hybridized carbons (Fsp3) is 0.333. The molecular weight excluding hydrogens is 427 g/mol. The second-order valence-corrected chi connectivity index (χ2v) is 8.50. The van der Waals surface area contributed by atoms with Gasteiger partial charge in [0.05, 0.1) is 4.90 Å². The number of hydrogen-bond donors (Lipinski definition) is 1. The van der Waals surface area contributed by atoms with E-state index in [0.717, 1.165) is 41.8 Å². The lowest BCUT2D eigenvalue weighted by Crippen LogP contribution is -2.31. The molecule has 1 aliphatic heterocycles. The van der Waals surface area contributed by atoms with E-state index in [9.17, 15) is 31.2 Å². The van der Waals surface area contributed by atoms with Gasteiger partial charge >= 0.3 is 6.36 Å². The van der Waals surface area contributed by atoms with E-state index in [1.165, 1.54) is 22.5 Å². The van der Waals surface area contributed by atoms with Crippen molar-refractivity contribution in [2.75, 3.05) is 18.4 Å². The number of pyridine rings is 1. The van der Waals surface area contributed by atoms with Gasteiger partial charge in [-0.15, -0.1) is 13.2 Å². The number of sulfonamides is 1. The molecule has 0 radical (unpaired) electrons. The van der Waals surface area contributed by atoms with E-state index in [2.05, 4.69) is 10.1 Å². The molecule has 12 heteroatoms. The van der Waals surface area contributed by atoms with Crippen LogP contribution >= 0.6 is 0 Å². The van der Waals surface area contributed by atoms with Crippen LogP contribution in [0.15, 0.2) is 52.3 Å². The van der Waals surface area contributed by atoms with Crippen molar-refractivity contribution in [3.8, 4) is 5.75 Å². The minimum atomic E-state index is -4.83. The van der Waals surface area contributed by atoms with E-state index < -0.39 is 40.1 Å². The number of amides is 1. The first-order chi connectivity index (χ1) is 14.0. The summed E-state index contributed by atoms with van der Waals surface area (Å²) in [5.41, 5.74) is -0.386. The molecule has 1 aromatic carbocycles. The minimum Gasteiger partial charge on any atom is -0.406 e. The average Bonchev–Trinajstić information content (AvgIpc) is 3.19. The second kappa shape index (κ2) is 8.48. The highest BCUT2D eigenvalue weighted by molar-refractivity contribution is 7.89. The standard InChI is InChI=1S/C18H18F3N3O5S/c19-18(20,21)29-14-5-3-13(4-6-14)22-16(25)12-23-11-15(7-8-17(23)26)30(27,28)24-9-1-2-10-24/h3-8,11H,1-2,9-10,12H2,(H,22,25). The third-order valence-corrected chi connectivity index (χ3v) is 6.23. The van der Waals surface area contributed by atoms with Crippen LogP contribution in [0, 0.1) is 0 Å². The normalized spacial score (nSPS) is 15.2. The number of ether oxygens (including phenoxy) is 1. The molecule has 0 atom stereocenters. The summed E-state index contributed by atoms with van der Waals surface area (Å²) < 4.78 is 67.8. The number of nitrogens with zero attached hydrogens (tertiary/aromatic N) is 2. The predicted molar refractivity (Wildman–Crippen MR) is 100 cm³/mol. The van der Waals surface area contributed by atoms with Crippen molar-refractivity contribution >= 4 is 21.6 Å². The van der Waals surface area contributed by atoms with Gasteiger partial charge in [-0.25, -0.2) is 8.42 Å². The molecule has 0 saturated carbocycles. The van der Waals surface area contributed by atoms with Crippen LogP contribution in [0.5, 0.6) is 5.75 Å². The molecule has 162 valence electrons. The fourth-order valence-corrected chi connectivity index (χ4v) is 4.50. The van der Waals surface area contributed by atoms with Gasteiger partial charge in [0.1, 0.15) is 12.3 Å². The first-order valence-corrected chi connectivity index (χ1v) is 10.3. The van der Waals surface area contributed by atoms with Crippen molar-refractivity contribution < 1.29 is 31.1 Å². The van der Waals surface area contributed by atoms with Crippen molar-refractivity contribution in [1.29, 1.82) is 0 Å². The van der Waals surface area contributed by atoms with E-state index in [4.69, 9.17) is 0 Å². The predicted octanol–water partition coefficient (Wildman–Crippen LogP) is 2.17. The van der Waals surface area contributed by atoms with Crippen LogP contribution in [-0.4, -0.2) is 42.6 Å². The molecule has 0 bridgehead atoms. The summed E-state index contributed by atoms with van der Waals surface area (Å²) >= 11 is 0. The van der Waals surface area contributed by atoms with Gasteiger partial charge in [-0.1, -0.05) is 0 Å². The third-order valence-electron chi connectivity index (χ3n) is 4.34. The molecule has 1 amide bonds. The number of halogens is 3. The van der Waals surface area contributed by atoms with Crippen molar-refractivity contribution in [1.82, 2.24) is 8.87 Å². The largest absolute Gasteiger partial charge is 0.573 e. The fourth-order valence-electron chi connectivity index (χ4n) is 2.96. The topological polar surface area (TPSA) is 97.7 Å². The first-order valence-electron chi connectivity index (χ1n) is 8.91. The smallest absolute Gasteiger partial charge is 0.406 e. The van der Waals surface area contributed by atoms with Crippen LogP contribution in [0.3, 0.4) is 0 Å². The van der Waals surface area contributed by atoms with Crippen LogP contribution in [-0.2, 0) is 21.4 Å². The quantitative estimate of drug-likeness (QED) is 0.735.